The van der Waals surface area contributed by atoms with Gasteiger partial charge >= 0.3 is 0 Å². The molecule has 5 rings (SSSR count). The van der Waals surface area contributed by atoms with Crippen molar-refractivity contribution in [3.63, 3.8) is 0 Å². The van der Waals surface area contributed by atoms with Crippen molar-refractivity contribution in [1.82, 2.24) is 15.0 Å². The Labute approximate surface area is 203 Å². The standard InChI is InChI=1S/C28H25N5O2/c1-18-26(27(24-7-3-5-15-29-24)33-25-8-4-6-16-30-25)22-17-20(11-14-23(22)31-18)32-28(34)19-9-12-21(35-2)13-10-19/h3-17,27,31H,1-2H3,(H,30,33)(H,32,34)/t27-/m1/s1. The lowest BCUT2D eigenvalue weighted by molar-refractivity contribution is 0.102. The summed E-state index contributed by atoms with van der Waals surface area (Å²) in [5.41, 5.74) is 5.16. The lowest BCUT2D eigenvalue weighted by Crippen LogP contribution is -2.15. The van der Waals surface area contributed by atoms with Crippen LogP contribution in [0.5, 0.6) is 5.75 Å². The van der Waals surface area contributed by atoms with Crippen LogP contribution in [0.2, 0.25) is 0 Å². The van der Waals surface area contributed by atoms with Gasteiger partial charge in [0.2, 0.25) is 0 Å². The van der Waals surface area contributed by atoms with E-state index < -0.39 is 0 Å². The lowest BCUT2D eigenvalue weighted by Gasteiger charge is -2.20. The van der Waals surface area contributed by atoms with Crippen LogP contribution in [-0.4, -0.2) is 28.0 Å². The number of rotatable bonds is 7. The number of amides is 1. The zero-order chi connectivity index (χ0) is 24.2. The maximum atomic E-state index is 12.8. The fourth-order valence-electron chi connectivity index (χ4n) is 4.18. The molecule has 5 aromatic rings. The molecule has 0 saturated heterocycles. The van der Waals surface area contributed by atoms with Gasteiger partial charge in [-0.25, -0.2) is 4.98 Å². The van der Waals surface area contributed by atoms with Gasteiger partial charge in [-0.3, -0.25) is 9.78 Å². The van der Waals surface area contributed by atoms with Crippen LogP contribution in [0.1, 0.15) is 33.4 Å². The van der Waals surface area contributed by atoms with E-state index >= 15 is 0 Å². The first-order valence-corrected chi connectivity index (χ1v) is 11.3. The molecule has 1 amide bonds. The average Bonchev–Trinajstić information content (AvgIpc) is 3.23. The number of ether oxygens (including phenoxy) is 1. The number of methoxy groups -OCH3 is 1. The molecule has 0 aliphatic carbocycles. The molecule has 7 heteroatoms. The molecule has 0 aliphatic rings. The van der Waals surface area contributed by atoms with E-state index in [1.54, 1.807) is 43.8 Å². The molecule has 2 aromatic carbocycles. The van der Waals surface area contributed by atoms with Crippen molar-refractivity contribution in [2.75, 3.05) is 17.7 Å². The molecule has 3 N–H and O–H groups in total. The first-order chi connectivity index (χ1) is 17.1. The van der Waals surface area contributed by atoms with Crippen molar-refractivity contribution in [3.05, 3.63) is 114 Å². The molecular formula is C28H25N5O2. The van der Waals surface area contributed by atoms with Gasteiger partial charge in [0.15, 0.2) is 0 Å². The molecule has 7 nitrogen and oxygen atoms in total. The van der Waals surface area contributed by atoms with Crippen molar-refractivity contribution in [2.45, 2.75) is 13.0 Å². The third-order valence-electron chi connectivity index (χ3n) is 5.88. The van der Waals surface area contributed by atoms with Crippen LogP contribution < -0.4 is 15.4 Å². The fraction of sp³-hybridized carbons (Fsp3) is 0.107. The van der Waals surface area contributed by atoms with E-state index in [2.05, 4.69) is 25.6 Å². The topological polar surface area (TPSA) is 91.9 Å². The predicted octanol–water partition coefficient (Wildman–Crippen LogP) is 5.73. The maximum absolute atomic E-state index is 12.8. The number of H-pyrrole nitrogens is 1. The summed E-state index contributed by atoms with van der Waals surface area (Å²) < 4.78 is 5.18. The van der Waals surface area contributed by atoms with Crippen LogP contribution in [0, 0.1) is 6.92 Å². The smallest absolute Gasteiger partial charge is 0.255 e. The largest absolute Gasteiger partial charge is 0.497 e. The van der Waals surface area contributed by atoms with Crippen LogP contribution in [-0.2, 0) is 0 Å². The highest BCUT2D eigenvalue weighted by Gasteiger charge is 2.23. The SMILES string of the molecule is COc1ccc(C(=O)Nc2ccc3[nH]c(C)c([C@H](Nc4ccccn4)c4ccccn4)c3c2)cc1. The molecule has 174 valence electrons. The van der Waals surface area contributed by atoms with Gasteiger partial charge in [0.25, 0.3) is 5.91 Å². The van der Waals surface area contributed by atoms with Crippen LogP contribution in [0.15, 0.2) is 91.3 Å². The van der Waals surface area contributed by atoms with E-state index in [-0.39, 0.29) is 11.9 Å². The summed E-state index contributed by atoms with van der Waals surface area (Å²) in [6.45, 7) is 2.04. The van der Waals surface area contributed by atoms with Crippen molar-refractivity contribution in [1.29, 1.82) is 0 Å². The van der Waals surface area contributed by atoms with Crippen molar-refractivity contribution < 1.29 is 9.53 Å². The van der Waals surface area contributed by atoms with Gasteiger partial charge in [0.05, 0.1) is 18.8 Å². The number of aromatic amines is 1. The first kappa shape index (κ1) is 22.2. The van der Waals surface area contributed by atoms with Crippen LogP contribution in [0.3, 0.4) is 0 Å². The summed E-state index contributed by atoms with van der Waals surface area (Å²) in [6.07, 6.45) is 3.54. The molecule has 0 aliphatic heterocycles. The number of hydrogen-bond donors (Lipinski definition) is 3. The maximum Gasteiger partial charge on any atom is 0.255 e. The Kier molecular flexibility index (Phi) is 6.13. The van der Waals surface area contributed by atoms with Gasteiger partial charge in [-0.05, 0) is 73.7 Å². The predicted molar refractivity (Wildman–Crippen MR) is 138 cm³/mol. The highest BCUT2D eigenvalue weighted by atomic mass is 16.5. The summed E-state index contributed by atoms with van der Waals surface area (Å²) in [5.74, 6) is 1.27. The molecule has 0 unspecified atom stereocenters. The van der Waals surface area contributed by atoms with E-state index in [1.807, 2.05) is 61.5 Å². The zero-order valence-corrected chi connectivity index (χ0v) is 19.4. The molecule has 0 bridgehead atoms. The van der Waals surface area contributed by atoms with Gasteiger partial charge in [-0.15, -0.1) is 0 Å². The minimum Gasteiger partial charge on any atom is -0.497 e. The molecule has 3 aromatic heterocycles. The first-order valence-electron chi connectivity index (χ1n) is 11.3. The fourth-order valence-corrected chi connectivity index (χ4v) is 4.18. The Morgan fingerprint density at radius 3 is 2.40 bits per heavy atom. The second kappa shape index (κ2) is 9.69. The van der Waals surface area contributed by atoms with Crippen LogP contribution in [0.4, 0.5) is 11.5 Å². The van der Waals surface area contributed by atoms with Gasteiger partial charge in [0.1, 0.15) is 11.6 Å². The number of anilines is 2. The third kappa shape index (κ3) is 4.70. The summed E-state index contributed by atoms with van der Waals surface area (Å²) >= 11 is 0. The van der Waals surface area contributed by atoms with E-state index in [4.69, 9.17) is 4.74 Å². The molecule has 1 atom stereocenters. The monoisotopic (exact) mass is 463 g/mol. The summed E-state index contributed by atoms with van der Waals surface area (Å²) in [4.78, 5) is 25.4. The molecule has 35 heavy (non-hydrogen) atoms. The minimum atomic E-state index is -0.243. The van der Waals surface area contributed by atoms with Gasteiger partial charge in [-0.1, -0.05) is 12.1 Å². The van der Waals surface area contributed by atoms with E-state index in [1.165, 1.54) is 0 Å². The third-order valence-corrected chi connectivity index (χ3v) is 5.88. The molecule has 0 radical (unpaired) electrons. The lowest BCUT2D eigenvalue weighted by atomic mass is 9.99. The zero-order valence-electron chi connectivity index (χ0n) is 19.4. The van der Waals surface area contributed by atoms with Gasteiger partial charge < -0.3 is 20.4 Å². The number of aromatic nitrogens is 3. The highest BCUT2D eigenvalue weighted by molar-refractivity contribution is 6.05. The minimum absolute atomic E-state index is 0.186. The number of nitrogens with zero attached hydrogens (tertiary/aromatic N) is 2. The normalized spacial score (nSPS) is 11.7. The number of fused-ring (bicyclic) bond motifs is 1. The van der Waals surface area contributed by atoms with Crippen molar-refractivity contribution >= 4 is 28.3 Å². The number of carbonyl (C=O) groups excluding carboxylic acids is 1. The Hall–Kier alpha value is -4.65. The molecular weight excluding hydrogens is 438 g/mol. The second-order valence-corrected chi connectivity index (χ2v) is 8.15. The number of pyridine rings is 2. The second-order valence-electron chi connectivity index (χ2n) is 8.15. The summed E-state index contributed by atoms with van der Waals surface area (Å²) in [7, 11) is 1.60. The molecule has 0 fully saturated rings. The number of aryl methyl sites for hydroxylation is 1. The number of nitrogens with one attached hydrogen (secondary N) is 3. The van der Waals surface area contributed by atoms with E-state index in [9.17, 15) is 4.79 Å². The van der Waals surface area contributed by atoms with Gasteiger partial charge in [-0.2, -0.15) is 0 Å². The summed E-state index contributed by atoms with van der Waals surface area (Å²) in [6, 6.07) is 24.3. The number of carbonyl (C=O) groups is 1. The Balaban J connectivity index is 1.52. The molecule has 0 saturated carbocycles. The van der Waals surface area contributed by atoms with Crippen molar-refractivity contribution in [2.24, 2.45) is 0 Å². The Morgan fingerprint density at radius 1 is 0.943 bits per heavy atom. The Morgan fingerprint density at radius 2 is 1.71 bits per heavy atom. The molecule has 3 heterocycles. The van der Waals surface area contributed by atoms with Crippen LogP contribution in [0.25, 0.3) is 10.9 Å². The summed E-state index contributed by atoms with van der Waals surface area (Å²) in [5, 5.41) is 7.54. The van der Waals surface area contributed by atoms with Crippen LogP contribution >= 0.6 is 0 Å². The van der Waals surface area contributed by atoms with Gasteiger partial charge in [0, 0.05) is 45.8 Å². The average molecular weight is 464 g/mol. The Bertz CT molecular complexity index is 1450. The molecule has 0 spiro atoms. The quantitative estimate of drug-likeness (QED) is 0.287. The van der Waals surface area contributed by atoms with Crippen molar-refractivity contribution in [3.8, 4) is 5.75 Å². The van der Waals surface area contributed by atoms with E-state index in [0.717, 1.165) is 33.7 Å². The number of benzene rings is 2. The highest BCUT2D eigenvalue weighted by Crippen LogP contribution is 2.35. The number of hydrogen-bond acceptors (Lipinski definition) is 5. The van der Waals surface area contributed by atoms with E-state index in [0.29, 0.717) is 17.0 Å².